The van der Waals surface area contributed by atoms with Crippen LogP contribution in [0.1, 0.15) is 17.2 Å². The van der Waals surface area contributed by atoms with Gasteiger partial charge in [0.05, 0.1) is 18.2 Å². The van der Waals surface area contributed by atoms with Crippen LogP contribution in [0.25, 0.3) is 0 Å². The molecule has 0 amide bonds. The molecule has 0 fully saturated rings. The normalized spacial score (nSPS) is 13.9. The summed E-state index contributed by atoms with van der Waals surface area (Å²) in [4.78, 5) is 0. The Morgan fingerprint density at radius 2 is 1.88 bits per heavy atom. The fourth-order valence-electron chi connectivity index (χ4n) is 1.20. The summed E-state index contributed by atoms with van der Waals surface area (Å²) in [7, 11) is 0. The minimum absolute atomic E-state index is 0.270. The van der Waals surface area contributed by atoms with Crippen molar-refractivity contribution in [2.75, 3.05) is 6.61 Å². The molecule has 1 rings (SSSR count). The number of aliphatic hydroxyl groups is 1. The fourth-order valence-corrected chi connectivity index (χ4v) is 1.20. The molecule has 0 bridgehead atoms. The Labute approximate surface area is 88.1 Å². The molecule has 0 aliphatic rings. The van der Waals surface area contributed by atoms with Crippen molar-refractivity contribution in [3.8, 4) is 5.75 Å². The number of hydrogen-bond acceptors (Lipinski definition) is 3. The summed E-state index contributed by atoms with van der Waals surface area (Å²) < 4.78 is 49.8. The van der Waals surface area contributed by atoms with E-state index in [2.05, 4.69) is 0 Å². The number of alkyl halides is 3. The number of halogens is 4. The van der Waals surface area contributed by atoms with Crippen molar-refractivity contribution in [3.63, 3.8) is 0 Å². The third-order valence-electron chi connectivity index (χ3n) is 2.05. The lowest BCUT2D eigenvalue weighted by atomic mass is 10.0. The third kappa shape index (κ3) is 2.25. The SMILES string of the molecule is N[C@@H](CO)c1ccc(C(F)(F)F)c(F)c1O. The zero-order valence-corrected chi connectivity index (χ0v) is 7.92. The van der Waals surface area contributed by atoms with Gasteiger partial charge in [-0.05, 0) is 6.07 Å². The number of hydrogen-bond donors (Lipinski definition) is 3. The molecule has 3 nitrogen and oxygen atoms in total. The van der Waals surface area contributed by atoms with E-state index in [0.29, 0.717) is 6.07 Å². The summed E-state index contributed by atoms with van der Waals surface area (Å²) in [5, 5.41) is 17.8. The molecule has 0 saturated heterocycles. The lowest BCUT2D eigenvalue weighted by molar-refractivity contribution is -0.140. The van der Waals surface area contributed by atoms with Gasteiger partial charge in [0.25, 0.3) is 0 Å². The van der Waals surface area contributed by atoms with Crippen LogP contribution in [0.3, 0.4) is 0 Å². The van der Waals surface area contributed by atoms with Gasteiger partial charge >= 0.3 is 6.18 Å². The fraction of sp³-hybridized carbons (Fsp3) is 0.333. The molecule has 4 N–H and O–H groups in total. The van der Waals surface area contributed by atoms with Crippen LogP contribution in [0.15, 0.2) is 12.1 Å². The number of benzene rings is 1. The van der Waals surface area contributed by atoms with Gasteiger partial charge in [-0.25, -0.2) is 4.39 Å². The van der Waals surface area contributed by atoms with E-state index < -0.39 is 36.0 Å². The average Bonchev–Trinajstić information content (AvgIpc) is 2.19. The number of phenolic OH excluding ortho intramolecular Hbond substituents is 1. The molecule has 1 atom stereocenters. The molecule has 0 saturated carbocycles. The van der Waals surface area contributed by atoms with E-state index in [9.17, 15) is 22.7 Å². The van der Waals surface area contributed by atoms with Crippen molar-refractivity contribution in [1.82, 2.24) is 0 Å². The molecular weight excluding hydrogens is 230 g/mol. The summed E-state index contributed by atoms with van der Waals surface area (Å²) in [6, 6.07) is 0.180. The maximum atomic E-state index is 13.1. The third-order valence-corrected chi connectivity index (χ3v) is 2.05. The van der Waals surface area contributed by atoms with Crippen LogP contribution < -0.4 is 5.73 Å². The van der Waals surface area contributed by atoms with Crippen molar-refractivity contribution >= 4 is 0 Å². The molecule has 1 aromatic rings. The summed E-state index contributed by atoms with van der Waals surface area (Å²) in [5.74, 6) is -2.97. The van der Waals surface area contributed by atoms with Gasteiger partial charge in [-0.3, -0.25) is 0 Å². The van der Waals surface area contributed by atoms with Crippen LogP contribution in [0.4, 0.5) is 17.6 Å². The molecular formula is C9H9F4NO2. The zero-order chi connectivity index (χ0) is 12.5. The van der Waals surface area contributed by atoms with E-state index in [1.807, 2.05) is 0 Å². The first kappa shape index (κ1) is 12.7. The van der Waals surface area contributed by atoms with E-state index in [0.717, 1.165) is 6.07 Å². The molecule has 0 aromatic heterocycles. The molecule has 0 radical (unpaired) electrons. The van der Waals surface area contributed by atoms with Gasteiger partial charge in [-0.1, -0.05) is 6.07 Å². The molecule has 7 heteroatoms. The summed E-state index contributed by atoms with van der Waals surface area (Å²) in [5.41, 5.74) is 3.42. The van der Waals surface area contributed by atoms with E-state index >= 15 is 0 Å². The summed E-state index contributed by atoms with van der Waals surface area (Å²) in [6.07, 6.45) is -4.89. The highest BCUT2D eigenvalue weighted by Crippen LogP contribution is 2.37. The minimum Gasteiger partial charge on any atom is -0.505 e. The Balaban J connectivity index is 3.29. The Morgan fingerprint density at radius 1 is 1.31 bits per heavy atom. The average molecular weight is 239 g/mol. The van der Waals surface area contributed by atoms with Gasteiger partial charge in [0, 0.05) is 5.56 Å². The van der Waals surface area contributed by atoms with Crippen LogP contribution in [0.2, 0.25) is 0 Å². The van der Waals surface area contributed by atoms with Crippen molar-refractivity contribution in [2.24, 2.45) is 5.73 Å². The predicted octanol–water partition coefficient (Wildman–Crippen LogP) is 1.54. The minimum atomic E-state index is -4.89. The number of nitrogens with two attached hydrogens (primary N) is 1. The highest BCUT2D eigenvalue weighted by atomic mass is 19.4. The molecule has 0 aliphatic heterocycles. The van der Waals surface area contributed by atoms with E-state index in [-0.39, 0.29) is 5.56 Å². The van der Waals surface area contributed by atoms with Crippen LogP contribution in [-0.4, -0.2) is 16.8 Å². The lowest BCUT2D eigenvalue weighted by Gasteiger charge is -2.14. The topological polar surface area (TPSA) is 66.5 Å². The smallest absolute Gasteiger partial charge is 0.419 e. The van der Waals surface area contributed by atoms with Gasteiger partial charge < -0.3 is 15.9 Å². The van der Waals surface area contributed by atoms with Gasteiger partial charge in [0.1, 0.15) is 0 Å². The van der Waals surface area contributed by atoms with Crippen molar-refractivity contribution in [3.05, 3.63) is 29.1 Å². The largest absolute Gasteiger partial charge is 0.505 e. The molecule has 0 heterocycles. The quantitative estimate of drug-likeness (QED) is 0.686. The second-order valence-electron chi connectivity index (χ2n) is 3.15. The predicted molar refractivity (Wildman–Crippen MR) is 47.1 cm³/mol. The van der Waals surface area contributed by atoms with Crippen LogP contribution in [-0.2, 0) is 6.18 Å². The molecule has 0 spiro atoms. The van der Waals surface area contributed by atoms with Gasteiger partial charge in [0.2, 0.25) is 0 Å². The maximum Gasteiger partial charge on any atom is 0.419 e. The Hall–Kier alpha value is -1.34. The van der Waals surface area contributed by atoms with Crippen LogP contribution >= 0.6 is 0 Å². The van der Waals surface area contributed by atoms with E-state index in [1.54, 1.807) is 0 Å². The molecule has 1 aromatic carbocycles. The molecule has 16 heavy (non-hydrogen) atoms. The summed E-state index contributed by atoms with van der Waals surface area (Å²) in [6.45, 7) is -0.613. The Morgan fingerprint density at radius 3 is 2.31 bits per heavy atom. The maximum absolute atomic E-state index is 13.1. The lowest BCUT2D eigenvalue weighted by Crippen LogP contribution is -2.16. The van der Waals surface area contributed by atoms with Crippen molar-refractivity contribution in [1.29, 1.82) is 0 Å². The number of phenols is 1. The second kappa shape index (κ2) is 4.26. The van der Waals surface area contributed by atoms with Crippen LogP contribution in [0, 0.1) is 5.82 Å². The Bertz CT molecular complexity index is 392. The van der Waals surface area contributed by atoms with Gasteiger partial charge in [0.15, 0.2) is 11.6 Å². The highest BCUT2D eigenvalue weighted by molar-refractivity contribution is 5.41. The summed E-state index contributed by atoms with van der Waals surface area (Å²) >= 11 is 0. The first-order valence-corrected chi connectivity index (χ1v) is 4.24. The molecule has 0 unspecified atom stereocenters. The van der Waals surface area contributed by atoms with Crippen molar-refractivity contribution < 1.29 is 27.8 Å². The monoisotopic (exact) mass is 239 g/mol. The number of rotatable bonds is 2. The first-order chi connectivity index (χ1) is 7.29. The molecule has 0 aliphatic carbocycles. The molecule has 90 valence electrons. The highest BCUT2D eigenvalue weighted by Gasteiger charge is 2.36. The first-order valence-electron chi connectivity index (χ1n) is 4.24. The standard InChI is InChI=1S/C9H9F4NO2/c10-7-5(9(11,12)13)2-1-4(8(7)16)6(14)3-15/h1-2,6,15-16H,3,14H2/t6-/m0/s1. The van der Waals surface area contributed by atoms with Gasteiger partial charge in [-0.15, -0.1) is 0 Å². The number of aliphatic hydroxyl groups excluding tert-OH is 1. The van der Waals surface area contributed by atoms with E-state index in [1.165, 1.54) is 0 Å². The van der Waals surface area contributed by atoms with Crippen molar-refractivity contribution in [2.45, 2.75) is 12.2 Å². The zero-order valence-electron chi connectivity index (χ0n) is 7.92. The van der Waals surface area contributed by atoms with E-state index in [4.69, 9.17) is 10.8 Å². The second-order valence-corrected chi connectivity index (χ2v) is 3.15. The Kier molecular flexibility index (Phi) is 3.39. The number of aromatic hydroxyl groups is 1. The van der Waals surface area contributed by atoms with Crippen LogP contribution in [0.5, 0.6) is 5.75 Å². The van der Waals surface area contributed by atoms with Gasteiger partial charge in [-0.2, -0.15) is 13.2 Å².